The predicted molar refractivity (Wildman–Crippen MR) is 106 cm³/mol. The van der Waals surface area contributed by atoms with Gasteiger partial charge in [-0.3, -0.25) is 14.5 Å². The molecule has 28 heavy (non-hydrogen) atoms. The monoisotopic (exact) mass is 400 g/mol. The van der Waals surface area contributed by atoms with Crippen LogP contribution in [-0.4, -0.2) is 53.8 Å². The highest BCUT2D eigenvalue weighted by Gasteiger charge is 2.44. The Kier molecular flexibility index (Phi) is 5.84. The second kappa shape index (κ2) is 8.31. The zero-order valence-electron chi connectivity index (χ0n) is 15.3. The molecular formula is C20H21ClN4O3. The Bertz CT molecular complexity index is 880. The van der Waals surface area contributed by atoms with E-state index >= 15 is 0 Å². The van der Waals surface area contributed by atoms with Crippen molar-refractivity contribution in [1.29, 1.82) is 0 Å². The van der Waals surface area contributed by atoms with Crippen molar-refractivity contribution in [3.8, 4) is 0 Å². The van der Waals surface area contributed by atoms with Crippen molar-refractivity contribution in [2.24, 2.45) is 0 Å². The first-order valence-electron chi connectivity index (χ1n) is 8.80. The van der Waals surface area contributed by atoms with Crippen molar-refractivity contribution >= 4 is 29.4 Å². The van der Waals surface area contributed by atoms with E-state index in [0.717, 1.165) is 0 Å². The molecule has 0 fully saturated rings. The van der Waals surface area contributed by atoms with Gasteiger partial charge in [0.2, 0.25) is 5.91 Å². The number of hydrogen-bond acceptors (Lipinski definition) is 3. The van der Waals surface area contributed by atoms with Gasteiger partial charge in [-0.15, -0.1) is 13.2 Å². The molecule has 3 rings (SSSR count). The molecule has 2 heterocycles. The number of hydrogen-bond donors (Lipinski definition) is 2. The van der Waals surface area contributed by atoms with E-state index in [0.29, 0.717) is 28.4 Å². The second-order valence-electron chi connectivity index (χ2n) is 6.45. The van der Waals surface area contributed by atoms with Crippen molar-refractivity contribution in [3.63, 3.8) is 0 Å². The maximum atomic E-state index is 13.1. The first-order valence-corrected chi connectivity index (χ1v) is 9.18. The lowest BCUT2D eigenvalue weighted by molar-refractivity contribution is -0.131. The summed E-state index contributed by atoms with van der Waals surface area (Å²) in [5, 5.41) is 6.03. The van der Waals surface area contributed by atoms with Gasteiger partial charge in [0.25, 0.3) is 5.91 Å². The largest absolute Gasteiger partial charge is 0.351 e. The second-order valence-corrected chi connectivity index (χ2v) is 6.89. The molecule has 1 aromatic carbocycles. The van der Waals surface area contributed by atoms with Gasteiger partial charge < -0.3 is 15.5 Å². The molecule has 0 aromatic heterocycles. The lowest BCUT2D eigenvalue weighted by Crippen LogP contribution is -2.47. The first-order chi connectivity index (χ1) is 13.5. The van der Waals surface area contributed by atoms with E-state index in [4.69, 9.17) is 11.6 Å². The first kappa shape index (κ1) is 19.7. The summed E-state index contributed by atoms with van der Waals surface area (Å²) in [6.07, 6.45) is 3.16. The number of rotatable bonds is 7. The number of carbonyl (C=O) groups is 3. The van der Waals surface area contributed by atoms with Crippen LogP contribution in [0.3, 0.4) is 0 Å². The fourth-order valence-electron chi connectivity index (χ4n) is 3.35. The van der Waals surface area contributed by atoms with Gasteiger partial charge in [0.15, 0.2) is 0 Å². The number of amides is 4. The van der Waals surface area contributed by atoms with E-state index in [1.807, 2.05) is 0 Å². The Hall–Kier alpha value is -3.06. The minimum Gasteiger partial charge on any atom is -0.351 e. The summed E-state index contributed by atoms with van der Waals surface area (Å²) in [7, 11) is 0. The third kappa shape index (κ3) is 3.80. The van der Waals surface area contributed by atoms with Crippen LogP contribution in [0.2, 0.25) is 5.02 Å². The standard InChI is InChI=1S/C20H21ClN4O3/c1-3-8-22-16(26)12-24-11-15-17(19(24)27)18(13-6-5-7-14(21)10-13)23-20(28)25(15)9-4-2/h3-7,10,18H,1-2,8-9,11-12H2,(H,22,26)(H,23,28)/t18-/m0/s1. The Morgan fingerprint density at radius 3 is 2.79 bits per heavy atom. The lowest BCUT2D eigenvalue weighted by atomic mass is 9.95. The normalized spacial score (nSPS) is 18.7. The van der Waals surface area contributed by atoms with Gasteiger partial charge in [0, 0.05) is 18.1 Å². The van der Waals surface area contributed by atoms with Gasteiger partial charge in [0.1, 0.15) is 6.54 Å². The third-order valence-corrected chi connectivity index (χ3v) is 4.80. The van der Waals surface area contributed by atoms with Gasteiger partial charge in [0.05, 0.1) is 23.9 Å². The van der Waals surface area contributed by atoms with E-state index in [1.165, 1.54) is 9.80 Å². The van der Waals surface area contributed by atoms with Crippen LogP contribution in [0.25, 0.3) is 0 Å². The van der Waals surface area contributed by atoms with Crippen LogP contribution >= 0.6 is 11.6 Å². The fourth-order valence-corrected chi connectivity index (χ4v) is 3.55. The minimum atomic E-state index is -0.629. The zero-order chi connectivity index (χ0) is 20.3. The molecule has 0 radical (unpaired) electrons. The molecule has 0 bridgehead atoms. The summed E-state index contributed by atoms with van der Waals surface area (Å²) >= 11 is 6.10. The molecule has 7 nitrogen and oxygen atoms in total. The van der Waals surface area contributed by atoms with Crippen LogP contribution in [0.1, 0.15) is 11.6 Å². The number of carbonyl (C=O) groups excluding carboxylic acids is 3. The molecule has 2 N–H and O–H groups in total. The lowest BCUT2D eigenvalue weighted by Gasteiger charge is -2.33. The van der Waals surface area contributed by atoms with Crippen molar-refractivity contribution in [1.82, 2.24) is 20.4 Å². The molecule has 0 saturated heterocycles. The summed E-state index contributed by atoms with van der Waals surface area (Å²) < 4.78 is 0. The maximum absolute atomic E-state index is 13.1. The Balaban J connectivity index is 1.94. The average Bonchev–Trinajstić information content (AvgIpc) is 2.98. The van der Waals surface area contributed by atoms with Crippen molar-refractivity contribution in [3.05, 3.63) is 71.4 Å². The highest BCUT2D eigenvalue weighted by atomic mass is 35.5. The summed E-state index contributed by atoms with van der Waals surface area (Å²) in [6.45, 7) is 7.89. The van der Waals surface area contributed by atoms with Crippen molar-refractivity contribution < 1.29 is 14.4 Å². The van der Waals surface area contributed by atoms with Crippen LogP contribution in [0.4, 0.5) is 4.79 Å². The molecule has 8 heteroatoms. The molecule has 2 aliphatic heterocycles. The average molecular weight is 401 g/mol. The number of nitrogens with one attached hydrogen (secondary N) is 2. The topological polar surface area (TPSA) is 81.8 Å². The van der Waals surface area contributed by atoms with Gasteiger partial charge >= 0.3 is 6.03 Å². The molecule has 146 valence electrons. The molecule has 2 aliphatic rings. The van der Waals surface area contributed by atoms with Crippen LogP contribution in [0.5, 0.6) is 0 Å². The molecular weight excluding hydrogens is 380 g/mol. The number of halogens is 1. The summed E-state index contributed by atoms with van der Waals surface area (Å²) in [4.78, 5) is 40.7. The Morgan fingerprint density at radius 1 is 1.32 bits per heavy atom. The maximum Gasteiger partial charge on any atom is 0.322 e. The molecule has 1 atom stereocenters. The van der Waals surface area contributed by atoms with Crippen molar-refractivity contribution in [2.45, 2.75) is 6.04 Å². The van der Waals surface area contributed by atoms with Crippen LogP contribution in [0.15, 0.2) is 60.8 Å². The molecule has 0 saturated carbocycles. The Labute approximate surface area is 168 Å². The molecule has 0 spiro atoms. The fraction of sp³-hybridized carbons (Fsp3) is 0.250. The van der Waals surface area contributed by atoms with E-state index in [1.54, 1.807) is 36.4 Å². The quantitative estimate of drug-likeness (QED) is 0.687. The Morgan fingerprint density at radius 2 is 2.11 bits per heavy atom. The van der Waals surface area contributed by atoms with Crippen LogP contribution < -0.4 is 10.6 Å². The molecule has 4 amide bonds. The van der Waals surface area contributed by atoms with Crippen LogP contribution in [0, 0.1) is 0 Å². The van der Waals surface area contributed by atoms with Crippen LogP contribution in [-0.2, 0) is 9.59 Å². The van der Waals surface area contributed by atoms with E-state index in [9.17, 15) is 14.4 Å². The zero-order valence-corrected chi connectivity index (χ0v) is 16.0. The predicted octanol–water partition coefficient (Wildman–Crippen LogP) is 1.99. The van der Waals surface area contributed by atoms with Crippen molar-refractivity contribution in [2.75, 3.05) is 26.2 Å². The van der Waals surface area contributed by atoms with E-state index in [2.05, 4.69) is 23.8 Å². The van der Waals surface area contributed by atoms with Gasteiger partial charge in [-0.1, -0.05) is 35.9 Å². The highest BCUT2D eigenvalue weighted by molar-refractivity contribution is 6.30. The highest BCUT2D eigenvalue weighted by Crippen LogP contribution is 2.36. The number of benzene rings is 1. The van der Waals surface area contributed by atoms with Gasteiger partial charge in [-0.05, 0) is 17.7 Å². The summed E-state index contributed by atoms with van der Waals surface area (Å²) in [5.74, 6) is -0.579. The number of nitrogens with zero attached hydrogens (tertiary/aromatic N) is 2. The smallest absolute Gasteiger partial charge is 0.322 e. The number of urea groups is 1. The van der Waals surface area contributed by atoms with Gasteiger partial charge in [-0.25, -0.2) is 4.79 Å². The molecule has 1 aromatic rings. The molecule has 0 unspecified atom stereocenters. The SMILES string of the molecule is C=CCNC(=O)CN1CC2=C(C1=O)[C@H](c1cccc(Cl)c1)NC(=O)N2CC=C. The molecule has 0 aliphatic carbocycles. The summed E-state index contributed by atoms with van der Waals surface area (Å²) in [6, 6.07) is 6.05. The van der Waals surface area contributed by atoms with E-state index < -0.39 is 6.04 Å². The minimum absolute atomic E-state index is 0.0991. The summed E-state index contributed by atoms with van der Waals surface area (Å²) in [5.41, 5.74) is 1.73. The van der Waals surface area contributed by atoms with E-state index in [-0.39, 0.29) is 37.5 Å². The third-order valence-electron chi connectivity index (χ3n) is 4.57. The van der Waals surface area contributed by atoms with Gasteiger partial charge in [-0.2, -0.15) is 0 Å².